The van der Waals surface area contributed by atoms with E-state index in [1.807, 2.05) is 0 Å². The largest absolute Gasteiger partial charge is 0.385 e. The number of anilines is 1. The molecule has 0 unspecified atom stereocenters. The van der Waals surface area contributed by atoms with E-state index in [0.29, 0.717) is 22.3 Å². The summed E-state index contributed by atoms with van der Waals surface area (Å²) in [4.78, 5) is 11.9. The van der Waals surface area contributed by atoms with Crippen LogP contribution >= 0.6 is 11.8 Å². The number of hydrazone groups is 1. The van der Waals surface area contributed by atoms with Gasteiger partial charge in [0.2, 0.25) is 0 Å². The van der Waals surface area contributed by atoms with Gasteiger partial charge in [0.15, 0.2) is 0 Å². The van der Waals surface area contributed by atoms with E-state index in [1.54, 1.807) is 18.2 Å². The van der Waals surface area contributed by atoms with Crippen LogP contribution in [0, 0.1) is 0 Å². The normalized spacial score (nSPS) is 15.6. The quantitative estimate of drug-likeness (QED) is 0.843. The molecule has 1 aliphatic rings. The van der Waals surface area contributed by atoms with Crippen LogP contribution in [0.15, 0.2) is 34.3 Å². The molecule has 1 aromatic carbocycles. The number of nitrogens with two attached hydrogens (primary N) is 1. The van der Waals surface area contributed by atoms with Gasteiger partial charge in [-0.25, -0.2) is 0 Å². The third-order valence-corrected chi connectivity index (χ3v) is 2.88. The monoisotopic (exact) mass is 257 g/mol. The Morgan fingerprint density at radius 2 is 2.12 bits per heavy atom. The summed E-state index contributed by atoms with van der Waals surface area (Å²) < 4.78 is 24.7. The molecule has 1 amide bonds. The van der Waals surface area contributed by atoms with Crippen LogP contribution in [0.25, 0.3) is 0 Å². The van der Waals surface area contributed by atoms with Gasteiger partial charge in [0.1, 0.15) is 5.84 Å². The van der Waals surface area contributed by atoms with E-state index in [1.165, 1.54) is 6.07 Å². The van der Waals surface area contributed by atoms with Crippen LogP contribution in [-0.2, 0) is 4.79 Å². The Bertz CT molecular complexity index is 478. The van der Waals surface area contributed by atoms with Crippen LogP contribution in [0.4, 0.5) is 14.5 Å². The van der Waals surface area contributed by atoms with Crippen molar-refractivity contribution in [2.75, 3.05) is 5.01 Å². The standard InChI is InChI=1S/C10H9F2N3OS/c11-10(12)17-7-4-2-1-3-6(7)15-9(16)5-8(13)14-15/h1-4,10H,5H2,(H2,13,14). The molecule has 90 valence electrons. The molecule has 0 radical (unpaired) electrons. The Kier molecular flexibility index (Phi) is 3.28. The number of hydrogen-bond donors (Lipinski definition) is 1. The third kappa shape index (κ3) is 2.55. The predicted octanol–water partition coefficient (Wildman–Crippen LogP) is 2.01. The van der Waals surface area contributed by atoms with Crippen LogP contribution in [0.2, 0.25) is 0 Å². The first kappa shape index (κ1) is 11.8. The molecule has 4 nitrogen and oxygen atoms in total. The van der Waals surface area contributed by atoms with Crippen LogP contribution in [0.3, 0.4) is 0 Å². The molecular formula is C10H9F2N3OS. The Morgan fingerprint density at radius 1 is 1.41 bits per heavy atom. The lowest BCUT2D eigenvalue weighted by Crippen LogP contribution is -2.20. The minimum atomic E-state index is -2.55. The number of thioether (sulfide) groups is 1. The number of nitrogens with zero attached hydrogens (tertiary/aromatic N) is 2. The molecule has 0 bridgehead atoms. The second kappa shape index (κ2) is 4.70. The SMILES string of the molecule is NC1=NN(c2ccccc2SC(F)F)C(=O)C1. The zero-order valence-corrected chi connectivity index (χ0v) is 9.45. The number of hydrogen-bond acceptors (Lipinski definition) is 4. The van der Waals surface area contributed by atoms with Crippen molar-refractivity contribution in [1.82, 2.24) is 0 Å². The summed E-state index contributed by atoms with van der Waals surface area (Å²) >= 11 is 0.378. The minimum Gasteiger partial charge on any atom is -0.385 e. The van der Waals surface area contributed by atoms with Gasteiger partial charge >= 0.3 is 0 Å². The smallest absolute Gasteiger partial charge is 0.288 e. The molecule has 17 heavy (non-hydrogen) atoms. The lowest BCUT2D eigenvalue weighted by Gasteiger charge is -2.15. The number of amides is 1. The Balaban J connectivity index is 2.35. The summed E-state index contributed by atoms with van der Waals surface area (Å²) in [5.41, 5.74) is 5.77. The maximum absolute atomic E-state index is 12.4. The van der Waals surface area contributed by atoms with Crippen LogP contribution in [-0.4, -0.2) is 17.5 Å². The number of para-hydroxylation sites is 1. The minimum absolute atomic E-state index is 0.0215. The van der Waals surface area contributed by atoms with E-state index in [9.17, 15) is 13.6 Å². The highest BCUT2D eigenvalue weighted by Gasteiger charge is 2.26. The van der Waals surface area contributed by atoms with Gasteiger partial charge in [-0.2, -0.15) is 18.9 Å². The van der Waals surface area contributed by atoms with Crippen LogP contribution in [0.1, 0.15) is 6.42 Å². The topological polar surface area (TPSA) is 58.7 Å². The number of halogens is 2. The van der Waals surface area contributed by atoms with Crippen molar-refractivity contribution in [3.8, 4) is 0 Å². The summed E-state index contributed by atoms with van der Waals surface area (Å²) in [5.74, 6) is -2.67. The van der Waals surface area contributed by atoms with Crippen molar-refractivity contribution in [1.29, 1.82) is 0 Å². The first-order chi connectivity index (χ1) is 8.08. The van der Waals surface area contributed by atoms with Crippen molar-refractivity contribution < 1.29 is 13.6 Å². The molecule has 2 rings (SSSR count). The average molecular weight is 257 g/mol. The van der Waals surface area contributed by atoms with Gasteiger partial charge < -0.3 is 5.73 Å². The van der Waals surface area contributed by atoms with Crippen LogP contribution in [0.5, 0.6) is 0 Å². The molecule has 1 aliphatic heterocycles. The maximum Gasteiger partial charge on any atom is 0.288 e. The molecule has 2 N–H and O–H groups in total. The van der Waals surface area contributed by atoms with Crippen molar-refractivity contribution in [3.63, 3.8) is 0 Å². The first-order valence-electron chi connectivity index (χ1n) is 4.77. The fourth-order valence-electron chi connectivity index (χ4n) is 1.47. The molecule has 0 atom stereocenters. The van der Waals surface area contributed by atoms with E-state index in [2.05, 4.69) is 5.10 Å². The van der Waals surface area contributed by atoms with Gasteiger partial charge in [0, 0.05) is 4.90 Å². The average Bonchev–Trinajstić information content (AvgIpc) is 2.58. The molecule has 1 heterocycles. The number of rotatable bonds is 3. The third-order valence-electron chi connectivity index (χ3n) is 2.11. The number of benzene rings is 1. The number of amidine groups is 1. The van der Waals surface area contributed by atoms with Gasteiger partial charge in [0.25, 0.3) is 11.7 Å². The summed E-state index contributed by atoms with van der Waals surface area (Å²) in [5, 5.41) is 4.90. The lowest BCUT2D eigenvalue weighted by atomic mass is 10.3. The Hall–Kier alpha value is -1.63. The van der Waals surface area contributed by atoms with E-state index >= 15 is 0 Å². The highest BCUT2D eigenvalue weighted by Crippen LogP contribution is 2.35. The van der Waals surface area contributed by atoms with E-state index in [4.69, 9.17) is 5.73 Å². The molecule has 0 aliphatic carbocycles. The second-order valence-electron chi connectivity index (χ2n) is 3.32. The van der Waals surface area contributed by atoms with Gasteiger partial charge in [0.05, 0.1) is 12.1 Å². The van der Waals surface area contributed by atoms with Crippen molar-refractivity contribution in [3.05, 3.63) is 24.3 Å². The van der Waals surface area contributed by atoms with Gasteiger partial charge in [-0.05, 0) is 12.1 Å². The zero-order chi connectivity index (χ0) is 12.4. The predicted molar refractivity (Wildman–Crippen MR) is 62.0 cm³/mol. The highest BCUT2D eigenvalue weighted by atomic mass is 32.2. The fraction of sp³-hybridized carbons (Fsp3) is 0.200. The first-order valence-corrected chi connectivity index (χ1v) is 5.65. The summed E-state index contributed by atoms with van der Waals surface area (Å²) in [6, 6.07) is 6.36. The molecule has 7 heteroatoms. The molecule has 0 saturated heterocycles. The van der Waals surface area contributed by atoms with Crippen molar-refractivity contribution >= 4 is 29.2 Å². The Labute approximate surface area is 100 Å². The maximum atomic E-state index is 12.4. The van der Waals surface area contributed by atoms with Crippen molar-refractivity contribution in [2.45, 2.75) is 17.1 Å². The highest BCUT2D eigenvalue weighted by molar-refractivity contribution is 7.99. The van der Waals surface area contributed by atoms with E-state index < -0.39 is 5.76 Å². The van der Waals surface area contributed by atoms with E-state index in [0.717, 1.165) is 5.01 Å². The molecule has 0 aromatic heterocycles. The van der Waals surface area contributed by atoms with E-state index in [-0.39, 0.29) is 18.2 Å². The van der Waals surface area contributed by atoms with Gasteiger partial charge in [-0.3, -0.25) is 4.79 Å². The summed E-state index contributed by atoms with van der Waals surface area (Å²) in [6.07, 6.45) is 0.0215. The molecule has 0 spiro atoms. The number of carbonyl (C=O) groups is 1. The summed E-state index contributed by atoms with van der Waals surface area (Å²) in [6.45, 7) is 0. The lowest BCUT2D eigenvalue weighted by molar-refractivity contribution is -0.116. The van der Waals surface area contributed by atoms with Gasteiger partial charge in [-0.15, -0.1) is 0 Å². The second-order valence-corrected chi connectivity index (χ2v) is 4.35. The molecule has 0 fully saturated rings. The van der Waals surface area contributed by atoms with Gasteiger partial charge in [-0.1, -0.05) is 23.9 Å². The van der Waals surface area contributed by atoms with Crippen LogP contribution < -0.4 is 10.7 Å². The molecular weight excluding hydrogens is 248 g/mol. The van der Waals surface area contributed by atoms with Crippen molar-refractivity contribution in [2.24, 2.45) is 10.8 Å². The number of alkyl halides is 2. The summed E-state index contributed by atoms with van der Waals surface area (Å²) in [7, 11) is 0. The Morgan fingerprint density at radius 3 is 2.71 bits per heavy atom. The fourth-order valence-corrected chi connectivity index (χ4v) is 2.09. The molecule has 0 saturated carbocycles. The molecule has 1 aromatic rings. The zero-order valence-electron chi connectivity index (χ0n) is 8.64. The number of carbonyl (C=O) groups excluding carboxylic acids is 1.